The maximum atomic E-state index is 4.86. The maximum absolute atomic E-state index is 4.86. The van der Waals surface area contributed by atoms with E-state index in [1.807, 2.05) is 46.7 Å². The average molecular weight is 508 g/mol. The number of aliphatic imine (C=N–C) groups is 1. The molecule has 1 N–H and O–H groups in total. The number of nitrogens with zero attached hydrogens (tertiary/aromatic N) is 7. The van der Waals surface area contributed by atoms with Crippen LogP contribution in [0.2, 0.25) is 0 Å². The second-order valence-electron chi connectivity index (χ2n) is 7.36. The van der Waals surface area contributed by atoms with Gasteiger partial charge in [-0.1, -0.05) is 6.07 Å². The van der Waals surface area contributed by atoms with Gasteiger partial charge in [-0.05, 0) is 43.4 Å². The summed E-state index contributed by atoms with van der Waals surface area (Å²) >= 11 is 0. The second kappa shape index (κ2) is 10.0. The van der Waals surface area contributed by atoms with E-state index in [1.165, 1.54) is 12.0 Å². The Morgan fingerprint density at radius 3 is 3.00 bits per heavy atom. The van der Waals surface area contributed by atoms with Crippen molar-refractivity contribution in [1.29, 1.82) is 0 Å². The van der Waals surface area contributed by atoms with Gasteiger partial charge in [0, 0.05) is 52.0 Å². The maximum Gasteiger partial charge on any atom is 0.193 e. The summed E-state index contributed by atoms with van der Waals surface area (Å²) in [4.78, 5) is 7.24. The van der Waals surface area contributed by atoms with Gasteiger partial charge in [-0.15, -0.1) is 34.2 Å². The van der Waals surface area contributed by atoms with E-state index in [9.17, 15) is 0 Å². The van der Waals surface area contributed by atoms with Crippen molar-refractivity contribution < 1.29 is 0 Å². The molecule has 1 atom stereocenters. The van der Waals surface area contributed by atoms with Crippen molar-refractivity contribution in [3.63, 3.8) is 0 Å². The molecular weight excluding hydrogens is 479 g/mol. The summed E-state index contributed by atoms with van der Waals surface area (Å²) in [7, 11) is 1.97. The predicted octanol–water partition coefficient (Wildman–Crippen LogP) is 2.15. The van der Waals surface area contributed by atoms with Crippen molar-refractivity contribution in [3.05, 3.63) is 48.2 Å². The molecule has 3 aromatic heterocycles. The lowest BCUT2D eigenvalue weighted by Crippen LogP contribution is -2.40. The highest BCUT2D eigenvalue weighted by molar-refractivity contribution is 14.0. The van der Waals surface area contributed by atoms with E-state index in [1.54, 1.807) is 0 Å². The number of halogens is 1. The highest BCUT2D eigenvalue weighted by Gasteiger charge is 2.25. The van der Waals surface area contributed by atoms with Gasteiger partial charge < -0.3 is 10.2 Å². The number of hydrogen-bond acceptors (Lipinski definition) is 4. The minimum absolute atomic E-state index is 0. The van der Waals surface area contributed by atoms with E-state index in [0.717, 1.165) is 49.9 Å². The van der Waals surface area contributed by atoms with Crippen LogP contribution in [0.1, 0.15) is 24.7 Å². The van der Waals surface area contributed by atoms with Crippen LogP contribution in [0, 0.1) is 5.92 Å². The Kier molecular flexibility index (Phi) is 7.45. The topological polar surface area (TPSA) is 75.6 Å². The zero-order valence-electron chi connectivity index (χ0n) is 17.0. The van der Waals surface area contributed by atoms with Gasteiger partial charge in [0.05, 0.1) is 6.20 Å². The third-order valence-corrected chi connectivity index (χ3v) is 5.18. The molecule has 0 bridgehead atoms. The first-order valence-electron chi connectivity index (χ1n) is 10.0. The first-order valence-corrected chi connectivity index (χ1v) is 10.0. The summed E-state index contributed by atoms with van der Waals surface area (Å²) in [5.41, 5.74) is 2.20. The number of guanidine groups is 1. The highest BCUT2D eigenvalue weighted by atomic mass is 127. The van der Waals surface area contributed by atoms with Crippen LogP contribution in [-0.4, -0.2) is 61.4 Å². The molecule has 0 aliphatic carbocycles. The van der Waals surface area contributed by atoms with Gasteiger partial charge in [0.15, 0.2) is 11.6 Å². The minimum atomic E-state index is 0. The van der Waals surface area contributed by atoms with Crippen molar-refractivity contribution in [3.8, 4) is 0 Å². The predicted molar refractivity (Wildman–Crippen MR) is 125 cm³/mol. The fourth-order valence-electron chi connectivity index (χ4n) is 3.85. The normalized spacial score (nSPS) is 17.0. The molecule has 0 spiro atoms. The van der Waals surface area contributed by atoms with E-state index < -0.39 is 0 Å². The molecule has 9 heteroatoms. The lowest BCUT2D eigenvalue weighted by Gasteiger charge is -2.21. The first-order chi connectivity index (χ1) is 13.7. The van der Waals surface area contributed by atoms with Gasteiger partial charge in [0.25, 0.3) is 0 Å². The fourth-order valence-corrected chi connectivity index (χ4v) is 3.85. The van der Waals surface area contributed by atoms with Crippen molar-refractivity contribution >= 4 is 35.6 Å². The van der Waals surface area contributed by atoms with Crippen LogP contribution >= 0.6 is 24.0 Å². The van der Waals surface area contributed by atoms with E-state index in [0.29, 0.717) is 12.5 Å². The lowest BCUT2D eigenvalue weighted by atomic mass is 10.0. The summed E-state index contributed by atoms with van der Waals surface area (Å²) in [6, 6.07) is 5.95. The van der Waals surface area contributed by atoms with Crippen LogP contribution in [0.15, 0.2) is 41.8 Å². The average Bonchev–Trinajstić information content (AvgIpc) is 3.42. The summed E-state index contributed by atoms with van der Waals surface area (Å²) in [5, 5.41) is 16.2. The first kappa shape index (κ1) is 21.5. The standard InChI is InChI=1S/C20H28N8.HI/c1-3-21-20(22-9-7-19-25-24-18-6-4-5-10-28(18)19)27-11-8-16(15-27)12-17-13-23-26(2)14-17;/h4-6,10,13-14,16H,3,7-9,11-12,15H2,1-2H3,(H,21,22);1H. The van der Waals surface area contributed by atoms with Crippen molar-refractivity contribution in [2.45, 2.75) is 26.2 Å². The number of fused-ring (bicyclic) bond motifs is 1. The molecular formula is C20H29IN8. The fraction of sp³-hybridized carbons (Fsp3) is 0.500. The van der Waals surface area contributed by atoms with Crippen molar-refractivity contribution in [2.24, 2.45) is 18.0 Å². The SMILES string of the molecule is CCNC(=NCCc1nnc2ccccn12)N1CCC(Cc2cnn(C)c2)C1.I. The third kappa shape index (κ3) is 5.26. The number of nitrogens with one attached hydrogen (secondary N) is 1. The Morgan fingerprint density at radius 2 is 2.21 bits per heavy atom. The van der Waals surface area contributed by atoms with E-state index in [2.05, 4.69) is 38.6 Å². The number of rotatable bonds is 6. The molecule has 1 unspecified atom stereocenters. The molecule has 1 aliphatic rings. The Labute approximate surface area is 188 Å². The molecule has 29 heavy (non-hydrogen) atoms. The quantitative estimate of drug-likeness (QED) is 0.314. The van der Waals surface area contributed by atoms with Gasteiger partial charge in [-0.25, -0.2) is 0 Å². The molecule has 1 fully saturated rings. The zero-order valence-corrected chi connectivity index (χ0v) is 19.4. The Morgan fingerprint density at radius 1 is 1.31 bits per heavy atom. The second-order valence-corrected chi connectivity index (χ2v) is 7.36. The molecule has 0 amide bonds. The van der Waals surface area contributed by atoms with Crippen LogP contribution < -0.4 is 5.32 Å². The third-order valence-electron chi connectivity index (χ3n) is 5.18. The van der Waals surface area contributed by atoms with Crippen LogP contribution in [0.4, 0.5) is 0 Å². The molecule has 0 saturated carbocycles. The van der Waals surface area contributed by atoms with Crippen LogP contribution in [0.25, 0.3) is 5.65 Å². The van der Waals surface area contributed by atoms with Crippen LogP contribution in [-0.2, 0) is 19.9 Å². The van der Waals surface area contributed by atoms with Gasteiger partial charge in [0.2, 0.25) is 0 Å². The van der Waals surface area contributed by atoms with Gasteiger partial charge in [-0.2, -0.15) is 5.10 Å². The van der Waals surface area contributed by atoms with Crippen molar-refractivity contribution in [2.75, 3.05) is 26.2 Å². The zero-order chi connectivity index (χ0) is 19.3. The molecule has 1 saturated heterocycles. The number of hydrogen-bond donors (Lipinski definition) is 1. The minimum Gasteiger partial charge on any atom is -0.357 e. The lowest BCUT2D eigenvalue weighted by molar-refractivity contribution is 0.460. The Bertz CT molecular complexity index is 947. The largest absolute Gasteiger partial charge is 0.357 e. The smallest absolute Gasteiger partial charge is 0.193 e. The summed E-state index contributed by atoms with van der Waals surface area (Å²) in [5.74, 6) is 2.60. The number of aryl methyl sites for hydroxylation is 1. The van der Waals surface area contributed by atoms with E-state index in [-0.39, 0.29) is 24.0 Å². The molecule has 8 nitrogen and oxygen atoms in total. The van der Waals surface area contributed by atoms with E-state index in [4.69, 9.17) is 4.99 Å². The molecule has 0 radical (unpaired) electrons. The molecule has 3 aromatic rings. The molecule has 0 aromatic carbocycles. The van der Waals surface area contributed by atoms with E-state index >= 15 is 0 Å². The summed E-state index contributed by atoms with van der Waals surface area (Å²) in [6.45, 7) is 5.77. The highest BCUT2D eigenvalue weighted by Crippen LogP contribution is 2.20. The molecule has 4 heterocycles. The van der Waals surface area contributed by atoms with Crippen LogP contribution in [0.3, 0.4) is 0 Å². The van der Waals surface area contributed by atoms with Gasteiger partial charge >= 0.3 is 0 Å². The Balaban J connectivity index is 0.00000240. The summed E-state index contributed by atoms with van der Waals surface area (Å²) < 4.78 is 3.91. The number of likely N-dealkylation sites (tertiary alicyclic amines) is 1. The molecule has 4 rings (SSSR count). The monoisotopic (exact) mass is 508 g/mol. The number of pyridine rings is 1. The summed E-state index contributed by atoms with van der Waals surface area (Å²) in [6.07, 6.45) is 9.13. The van der Waals surface area contributed by atoms with Gasteiger partial charge in [0.1, 0.15) is 5.82 Å². The van der Waals surface area contributed by atoms with Gasteiger partial charge in [-0.3, -0.25) is 14.1 Å². The van der Waals surface area contributed by atoms with Crippen molar-refractivity contribution in [1.82, 2.24) is 34.6 Å². The van der Waals surface area contributed by atoms with Crippen LogP contribution in [0.5, 0.6) is 0 Å². The number of aromatic nitrogens is 5. The molecule has 156 valence electrons. The molecule has 1 aliphatic heterocycles. The Hall–Kier alpha value is -2.17.